The molecule has 0 nitrogen and oxygen atoms in total. The molecule has 0 fully saturated rings. The number of thiophene rings is 1. The topological polar surface area (TPSA) is 0 Å². The minimum atomic E-state index is -4.37. The second-order valence-corrected chi connectivity index (χ2v) is 6.87. The van der Waals surface area contributed by atoms with Gasteiger partial charge in [0, 0.05) is 4.70 Å². The number of hydrogen-bond acceptors (Lipinski definition) is 1. The summed E-state index contributed by atoms with van der Waals surface area (Å²) < 4.78 is 40.6. The smallest absolute Gasteiger partial charge is 0.166 e. The third-order valence-electron chi connectivity index (χ3n) is 4.20. The summed E-state index contributed by atoms with van der Waals surface area (Å²) in [6, 6.07) is 13.8. The highest BCUT2D eigenvalue weighted by atomic mass is 32.1. The van der Waals surface area contributed by atoms with E-state index in [1.165, 1.54) is 16.8 Å². The monoisotopic (exact) mass is 358 g/mol. The van der Waals surface area contributed by atoms with Gasteiger partial charge in [-0.2, -0.15) is 13.2 Å². The molecule has 3 aromatic rings. The summed E-state index contributed by atoms with van der Waals surface area (Å²) in [5.41, 5.74) is 1.92. The van der Waals surface area contributed by atoms with Gasteiger partial charge in [0.2, 0.25) is 0 Å². The molecule has 0 amide bonds. The normalized spacial score (nSPS) is 11.6. The predicted molar refractivity (Wildman–Crippen MR) is 101 cm³/mol. The van der Waals surface area contributed by atoms with E-state index in [9.17, 15) is 13.2 Å². The summed E-state index contributed by atoms with van der Waals surface area (Å²) in [7, 11) is 0. The Morgan fingerprint density at radius 3 is 2.40 bits per heavy atom. The number of fused-ring (bicyclic) bond motifs is 1. The third-order valence-corrected chi connectivity index (χ3v) is 5.10. The standard InChI is InChI=1S/C21H17F3S/c1-14(16-9-10-20-17(13-16)11-12-25-20)7-8-15(2)18-5-3-4-6-19(18)21(22,23)24/h3-6,9-13H,1-2,7-8H2. The van der Waals surface area contributed by atoms with E-state index in [0.717, 1.165) is 22.6 Å². The molecular weight excluding hydrogens is 341 g/mol. The van der Waals surface area contributed by atoms with Crippen molar-refractivity contribution in [1.82, 2.24) is 0 Å². The van der Waals surface area contributed by atoms with Crippen molar-refractivity contribution in [3.8, 4) is 0 Å². The van der Waals surface area contributed by atoms with Crippen molar-refractivity contribution in [2.75, 3.05) is 0 Å². The first kappa shape index (κ1) is 17.5. The molecule has 25 heavy (non-hydrogen) atoms. The minimum Gasteiger partial charge on any atom is -0.166 e. The zero-order chi connectivity index (χ0) is 18.0. The Kier molecular flexibility index (Phi) is 4.82. The van der Waals surface area contributed by atoms with E-state index in [1.807, 2.05) is 17.5 Å². The molecule has 0 radical (unpaired) electrons. The fourth-order valence-electron chi connectivity index (χ4n) is 2.81. The highest BCUT2D eigenvalue weighted by Crippen LogP contribution is 2.36. The number of rotatable bonds is 5. The Morgan fingerprint density at radius 1 is 0.920 bits per heavy atom. The molecule has 3 rings (SSSR count). The van der Waals surface area contributed by atoms with Gasteiger partial charge in [-0.25, -0.2) is 0 Å². The summed E-state index contributed by atoms with van der Waals surface area (Å²) in [4.78, 5) is 0. The molecule has 0 N–H and O–H groups in total. The SMILES string of the molecule is C=C(CCC(=C)c1ccccc1C(F)(F)F)c1ccc2sccc2c1. The lowest BCUT2D eigenvalue weighted by molar-refractivity contribution is -0.137. The Bertz CT molecular complexity index is 931. The zero-order valence-corrected chi connectivity index (χ0v) is 14.4. The number of allylic oxidation sites excluding steroid dienone is 2. The van der Waals surface area contributed by atoms with Crippen LogP contribution in [0.15, 0.2) is 67.1 Å². The highest BCUT2D eigenvalue weighted by Gasteiger charge is 2.33. The summed E-state index contributed by atoms with van der Waals surface area (Å²) in [5, 5.41) is 3.19. The van der Waals surface area contributed by atoms with Crippen LogP contribution in [0.1, 0.15) is 29.5 Å². The average molecular weight is 358 g/mol. The van der Waals surface area contributed by atoms with Crippen LogP contribution in [-0.2, 0) is 6.18 Å². The summed E-state index contributed by atoms with van der Waals surface area (Å²) in [5.74, 6) is 0. The van der Waals surface area contributed by atoms with Gasteiger partial charge in [0.05, 0.1) is 5.56 Å². The van der Waals surface area contributed by atoms with E-state index in [-0.39, 0.29) is 5.56 Å². The van der Waals surface area contributed by atoms with Crippen molar-refractivity contribution in [3.63, 3.8) is 0 Å². The first-order valence-electron chi connectivity index (χ1n) is 7.86. The van der Waals surface area contributed by atoms with Crippen LogP contribution in [0, 0.1) is 0 Å². The number of halogens is 3. The highest BCUT2D eigenvalue weighted by molar-refractivity contribution is 7.17. The van der Waals surface area contributed by atoms with E-state index < -0.39 is 11.7 Å². The van der Waals surface area contributed by atoms with Crippen LogP contribution in [0.25, 0.3) is 21.2 Å². The third kappa shape index (κ3) is 3.85. The molecule has 0 unspecified atom stereocenters. The molecule has 0 spiro atoms. The van der Waals surface area contributed by atoms with Gasteiger partial charge < -0.3 is 0 Å². The second-order valence-electron chi connectivity index (χ2n) is 5.92. The summed E-state index contributed by atoms with van der Waals surface area (Å²) in [6.45, 7) is 7.96. The zero-order valence-electron chi connectivity index (χ0n) is 13.6. The molecule has 2 aromatic carbocycles. The van der Waals surface area contributed by atoms with E-state index in [0.29, 0.717) is 18.4 Å². The van der Waals surface area contributed by atoms with Gasteiger partial charge in [-0.05, 0) is 70.1 Å². The Morgan fingerprint density at radius 2 is 1.64 bits per heavy atom. The van der Waals surface area contributed by atoms with Crippen molar-refractivity contribution in [1.29, 1.82) is 0 Å². The van der Waals surface area contributed by atoms with Gasteiger partial charge in [0.15, 0.2) is 0 Å². The number of hydrogen-bond donors (Lipinski definition) is 0. The maximum absolute atomic E-state index is 13.1. The maximum atomic E-state index is 13.1. The van der Waals surface area contributed by atoms with Crippen LogP contribution in [-0.4, -0.2) is 0 Å². The van der Waals surface area contributed by atoms with Crippen LogP contribution in [0.4, 0.5) is 13.2 Å². The van der Waals surface area contributed by atoms with E-state index in [2.05, 4.69) is 25.3 Å². The van der Waals surface area contributed by atoms with Crippen LogP contribution < -0.4 is 0 Å². The van der Waals surface area contributed by atoms with Crippen molar-refractivity contribution < 1.29 is 13.2 Å². The largest absolute Gasteiger partial charge is 0.416 e. The molecule has 0 bridgehead atoms. The molecule has 0 aliphatic rings. The lowest BCUT2D eigenvalue weighted by Gasteiger charge is -2.15. The fraction of sp³-hybridized carbons (Fsp3) is 0.143. The van der Waals surface area contributed by atoms with Crippen LogP contribution in [0.2, 0.25) is 0 Å². The number of benzene rings is 2. The molecule has 4 heteroatoms. The summed E-state index contributed by atoms with van der Waals surface area (Å²) in [6.07, 6.45) is -3.37. The Labute approximate surface area is 148 Å². The molecule has 0 saturated heterocycles. The first-order valence-corrected chi connectivity index (χ1v) is 8.74. The van der Waals surface area contributed by atoms with E-state index in [4.69, 9.17) is 0 Å². The van der Waals surface area contributed by atoms with E-state index in [1.54, 1.807) is 17.4 Å². The lowest BCUT2D eigenvalue weighted by atomic mass is 9.93. The van der Waals surface area contributed by atoms with Crippen molar-refractivity contribution >= 4 is 32.6 Å². The molecule has 0 aliphatic carbocycles. The van der Waals surface area contributed by atoms with Gasteiger partial charge in [0.1, 0.15) is 0 Å². The molecule has 0 saturated carbocycles. The lowest BCUT2D eigenvalue weighted by Crippen LogP contribution is -2.08. The van der Waals surface area contributed by atoms with Crippen LogP contribution >= 0.6 is 11.3 Å². The van der Waals surface area contributed by atoms with Crippen LogP contribution in [0.5, 0.6) is 0 Å². The fourth-order valence-corrected chi connectivity index (χ4v) is 3.58. The Hall–Kier alpha value is -2.33. The molecule has 0 aliphatic heterocycles. The molecule has 1 aromatic heterocycles. The summed E-state index contributed by atoms with van der Waals surface area (Å²) >= 11 is 1.68. The predicted octanol–water partition coefficient (Wildman–Crippen LogP) is 7.43. The van der Waals surface area contributed by atoms with Crippen LogP contribution in [0.3, 0.4) is 0 Å². The quantitative estimate of drug-likeness (QED) is 0.445. The molecular formula is C21H17F3S. The first-order chi connectivity index (χ1) is 11.9. The number of alkyl halides is 3. The van der Waals surface area contributed by atoms with Gasteiger partial charge in [0.25, 0.3) is 0 Å². The molecule has 128 valence electrons. The molecule has 1 heterocycles. The van der Waals surface area contributed by atoms with Crippen molar-refractivity contribution in [2.24, 2.45) is 0 Å². The van der Waals surface area contributed by atoms with Gasteiger partial charge in [-0.15, -0.1) is 11.3 Å². The minimum absolute atomic E-state index is 0.163. The molecule has 0 atom stereocenters. The Balaban J connectivity index is 1.73. The average Bonchev–Trinajstić information content (AvgIpc) is 3.06. The van der Waals surface area contributed by atoms with Gasteiger partial charge >= 0.3 is 6.18 Å². The van der Waals surface area contributed by atoms with Crippen molar-refractivity contribution in [2.45, 2.75) is 19.0 Å². The van der Waals surface area contributed by atoms with Gasteiger partial charge in [-0.1, -0.05) is 37.4 Å². The van der Waals surface area contributed by atoms with Crippen molar-refractivity contribution in [3.05, 3.63) is 83.8 Å². The van der Waals surface area contributed by atoms with Gasteiger partial charge in [-0.3, -0.25) is 0 Å². The van der Waals surface area contributed by atoms with E-state index >= 15 is 0 Å². The second kappa shape index (κ2) is 6.89. The maximum Gasteiger partial charge on any atom is 0.416 e.